The lowest BCUT2D eigenvalue weighted by atomic mass is 9.95. The topological polar surface area (TPSA) is 155 Å². The van der Waals surface area contributed by atoms with Crippen LogP contribution in [0.15, 0.2) is 437 Å². The van der Waals surface area contributed by atoms with E-state index in [0.29, 0.717) is 69.9 Å². The summed E-state index contributed by atoms with van der Waals surface area (Å²) in [5.41, 5.74) is 24.2. The van der Waals surface area contributed by atoms with Gasteiger partial charge in [-0.15, -0.1) is 0 Å². The molecule has 0 fully saturated rings. The van der Waals surface area contributed by atoms with E-state index in [9.17, 15) is 0 Å². The predicted octanol–water partition coefficient (Wildman–Crippen LogP) is 26.1. The van der Waals surface area contributed by atoms with E-state index in [2.05, 4.69) is 218 Å². The summed E-state index contributed by atoms with van der Waals surface area (Å²) in [6.07, 6.45) is 0. The summed E-state index contributed by atoms with van der Waals surface area (Å²) in [5.74, 6) is 7.45. The van der Waals surface area contributed by atoms with Crippen LogP contribution in [-0.2, 0) is 0 Å². The first-order chi connectivity index (χ1) is 59.4. The molecule has 12 heteroatoms. The van der Waals surface area contributed by atoms with Crippen molar-refractivity contribution in [1.29, 1.82) is 0 Å². The molecule has 564 valence electrons. The second kappa shape index (κ2) is 34.3. The van der Waals surface area contributed by atoms with Gasteiger partial charge in [0.1, 0.15) is 0 Å². The minimum atomic E-state index is 0.599. The second-order valence-corrected chi connectivity index (χ2v) is 28.8. The maximum Gasteiger partial charge on any atom is 0.164 e. The van der Waals surface area contributed by atoms with Crippen LogP contribution in [0.25, 0.3) is 203 Å². The molecule has 0 bridgehead atoms. The Balaban J connectivity index is 0.000000162. The largest absolute Gasteiger partial charge is 0.208 e. The molecule has 0 radical (unpaired) electrons. The highest BCUT2D eigenvalue weighted by atomic mass is 15.1. The Morgan fingerprint density at radius 1 is 0.0750 bits per heavy atom. The highest BCUT2D eigenvalue weighted by Crippen LogP contribution is 2.38. The van der Waals surface area contributed by atoms with Crippen molar-refractivity contribution in [2.24, 2.45) is 0 Å². The number of hydrogen-bond acceptors (Lipinski definition) is 12. The van der Waals surface area contributed by atoms with Gasteiger partial charge >= 0.3 is 0 Å². The zero-order chi connectivity index (χ0) is 80.2. The van der Waals surface area contributed by atoms with Crippen LogP contribution in [0.2, 0.25) is 0 Å². The van der Waals surface area contributed by atoms with E-state index in [0.717, 1.165) is 134 Å². The molecule has 0 N–H and O–H groups in total. The minimum absolute atomic E-state index is 0.599. The number of nitrogens with zero attached hydrogens (tertiary/aromatic N) is 12. The summed E-state index contributed by atoms with van der Waals surface area (Å²) in [6.45, 7) is 0. The van der Waals surface area contributed by atoms with Gasteiger partial charge < -0.3 is 0 Å². The molecule has 0 amide bonds. The van der Waals surface area contributed by atoms with Crippen molar-refractivity contribution < 1.29 is 0 Å². The molecule has 20 rings (SSSR count). The van der Waals surface area contributed by atoms with Crippen molar-refractivity contribution in [1.82, 2.24) is 59.8 Å². The molecule has 16 aromatic carbocycles. The van der Waals surface area contributed by atoms with Crippen LogP contribution < -0.4 is 0 Å². The van der Waals surface area contributed by atoms with E-state index in [1.807, 2.05) is 218 Å². The van der Waals surface area contributed by atoms with Crippen LogP contribution in [0.4, 0.5) is 0 Å². The Labute approximate surface area is 695 Å². The highest BCUT2D eigenvalue weighted by molar-refractivity contribution is 5.83. The third-order valence-corrected chi connectivity index (χ3v) is 20.8. The fourth-order valence-corrected chi connectivity index (χ4v) is 14.6. The molecule has 0 saturated heterocycles. The van der Waals surface area contributed by atoms with Gasteiger partial charge in [-0.2, -0.15) is 0 Å². The molecule has 12 nitrogen and oxygen atoms in total. The Kier molecular flexibility index (Phi) is 21.1. The lowest BCUT2D eigenvalue weighted by Crippen LogP contribution is -2.00. The molecule has 0 aliphatic rings. The second-order valence-electron chi connectivity index (χ2n) is 28.8. The maximum atomic E-state index is 5.07. The summed E-state index contributed by atoms with van der Waals surface area (Å²) in [6, 6.07) is 149. The van der Waals surface area contributed by atoms with Gasteiger partial charge in [-0.3, -0.25) is 0 Å². The summed E-state index contributed by atoms with van der Waals surface area (Å²) in [4.78, 5) is 59.6. The van der Waals surface area contributed by atoms with Crippen molar-refractivity contribution in [3.05, 3.63) is 437 Å². The summed E-state index contributed by atoms with van der Waals surface area (Å²) in [5, 5.41) is 0. The molecule has 0 atom stereocenters. The van der Waals surface area contributed by atoms with Crippen LogP contribution in [0, 0.1) is 0 Å². The molecule has 0 spiro atoms. The number of rotatable bonds is 18. The van der Waals surface area contributed by atoms with Gasteiger partial charge in [-0.1, -0.05) is 400 Å². The summed E-state index contributed by atoms with van der Waals surface area (Å²) < 4.78 is 0. The van der Waals surface area contributed by atoms with E-state index < -0.39 is 0 Å². The average molecular weight is 1540 g/mol. The highest BCUT2D eigenvalue weighted by Gasteiger charge is 2.20. The Hall–Kier alpha value is -16.4. The molecule has 120 heavy (non-hydrogen) atoms. The first kappa shape index (κ1) is 73.7. The van der Waals surface area contributed by atoms with Crippen LogP contribution in [0.1, 0.15) is 0 Å². The lowest BCUT2D eigenvalue weighted by Gasteiger charge is -2.12. The molecule has 0 aliphatic carbocycles. The van der Waals surface area contributed by atoms with E-state index in [1.165, 1.54) is 0 Å². The van der Waals surface area contributed by atoms with Gasteiger partial charge in [0.05, 0.1) is 0 Å². The van der Waals surface area contributed by atoms with E-state index >= 15 is 0 Å². The molecule has 0 aliphatic heterocycles. The molecular formula is C108H72N12. The van der Waals surface area contributed by atoms with E-state index in [4.69, 9.17) is 59.8 Å². The van der Waals surface area contributed by atoms with Crippen LogP contribution in [-0.4, -0.2) is 59.8 Å². The SMILES string of the molecule is c1ccc(-c2ccc(-c3nc(-c4ccccc4)nc(-c4cccc(-c5cccc(-c6cccc(-c7cccc(-c8nc(-c9ccccc9)nc(-c9ccccc9)n8)c7)c6)c5)c4)n3)cc2)cc1.c1ccc(-c2ccc(-c3nc(-c4ccccc4)nc(-c4cccc(-c5cccc(-c6nc(-c7ccccc7)nc(-c7ccccc7)n6)c5)c4)n3)cc2)cc1. The average Bonchev–Trinajstić information content (AvgIpc) is 0.799. The van der Waals surface area contributed by atoms with Crippen molar-refractivity contribution >= 4 is 0 Å². The first-order valence-electron chi connectivity index (χ1n) is 39.7. The molecule has 4 aromatic heterocycles. The fourth-order valence-electron chi connectivity index (χ4n) is 14.6. The Morgan fingerprint density at radius 3 is 0.342 bits per heavy atom. The Morgan fingerprint density at radius 2 is 0.175 bits per heavy atom. The fraction of sp³-hybridized carbons (Fsp3) is 0. The molecule has 4 heterocycles. The predicted molar refractivity (Wildman–Crippen MR) is 484 cm³/mol. The Bertz CT molecular complexity index is 6860. The van der Waals surface area contributed by atoms with Gasteiger partial charge in [0.15, 0.2) is 69.9 Å². The van der Waals surface area contributed by atoms with Crippen molar-refractivity contribution in [3.63, 3.8) is 0 Å². The number of aromatic nitrogens is 12. The molecule has 0 saturated carbocycles. The molecule has 20 aromatic rings. The van der Waals surface area contributed by atoms with Crippen LogP contribution in [0.3, 0.4) is 0 Å². The van der Waals surface area contributed by atoms with Crippen LogP contribution >= 0.6 is 0 Å². The van der Waals surface area contributed by atoms with Gasteiger partial charge in [-0.25, -0.2) is 59.8 Å². The van der Waals surface area contributed by atoms with E-state index in [-0.39, 0.29) is 0 Å². The standard InChI is InChI=1S/C60H40N6.C48H32N6/c1-5-17-41(18-6-1)42-33-35-46(36-34-42)58-62-57(45-23-11-4-12-24-45)65-60(66-58)54-32-16-30-52(40-54)50-28-14-26-48(38-50)47-25-13-27-49(37-47)51-29-15-31-53(39-51)59-63-55(43-19-7-2-8-20-43)61-56(64-59)44-21-9-3-10-22-44;1-5-15-33(16-6-1)34-27-29-38(30-28-34)46-50-45(37-21-11-4-12-22-37)53-48(54-46)42-26-14-24-40(32-42)39-23-13-25-41(31-39)47-51-43(35-17-7-2-8-18-35)49-44(52-47)36-19-9-3-10-20-36/h1-40H;1-32H. The lowest BCUT2D eigenvalue weighted by molar-refractivity contribution is 1.07. The third kappa shape index (κ3) is 16.8. The zero-order valence-corrected chi connectivity index (χ0v) is 64.9. The molecular weight excluding hydrogens is 1470 g/mol. The van der Waals surface area contributed by atoms with Crippen molar-refractivity contribution in [2.45, 2.75) is 0 Å². The summed E-state index contributed by atoms with van der Waals surface area (Å²) >= 11 is 0. The monoisotopic (exact) mass is 1540 g/mol. The van der Waals surface area contributed by atoms with E-state index in [1.54, 1.807) is 0 Å². The quantitative estimate of drug-likeness (QED) is 0.0803. The smallest absolute Gasteiger partial charge is 0.164 e. The number of benzene rings is 16. The van der Waals surface area contributed by atoms with Crippen molar-refractivity contribution in [2.75, 3.05) is 0 Å². The third-order valence-electron chi connectivity index (χ3n) is 20.8. The normalized spacial score (nSPS) is 11.0. The molecule has 0 unspecified atom stereocenters. The van der Waals surface area contributed by atoms with Gasteiger partial charge in [0, 0.05) is 66.8 Å². The van der Waals surface area contributed by atoms with Crippen LogP contribution in [0.5, 0.6) is 0 Å². The van der Waals surface area contributed by atoms with Crippen molar-refractivity contribution in [3.8, 4) is 203 Å². The minimum Gasteiger partial charge on any atom is -0.208 e. The number of hydrogen-bond donors (Lipinski definition) is 0. The first-order valence-corrected chi connectivity index (χ1v) is 39.7. The maximum absolute atomic E-state index is 5.07. The van der Waals surface area contributed by atoms with Gasteiger partial charge in [0.2, 0.25) is 0 Å². The summed E-state index contributed by atoms with van der Waals surface area (Å²) in [7, 11) is 0. The van der Waals surface area contributed by atoms with Gasteiger partial charge in [-0.05, 0) is 103 Å². The zero-order valence-electron chi connectivity index (χ0n) is 64.9. The van der Waals surface area contributed by atoms with Gasteiger partial charge in [0.25, 0.3) is 0 Å².